The molecular weight excluding hydrogens is 464 g/mol. The Morgan fingerprint density at radius 2 is 1.66 bits per heavy atom. The van der Waals surface area contributed by atoms with Crippen LogP contribution in [0.15, 0.2) is 65.5 Å². The first kappa shape index (κ1) is 25.3. The molecule has 0 aliphatic carbocycles. The zero-order valence-electron chi connectivity index (χ0n) is 20.3. The Morgan fingerprint density at radius 3 is 2.34 bits per heavy atom. The molecule has 7 heteroatoms. The lowest BCUT2D eigenvalue weighted by molar-refractivity contribution is -0.00859. The molecule has 0 amide bonds. The number of piperidine rings is 1. The smallest absolute Gasteiger partial charge is 0.344 e. The van der Waals surface area contributed by atoms with E-state index in [0.29, 0.717) is 18.7 Å². The van der Waals surface area contributed by atoms with E-state index in [1.54, 1.807) is 10.6 Å². The molecule has 0 radical (unpaired) electrons. The molecule has 3 aromatic rings. The predicted octanol–water partition coefficient (Wildman–Crippen LogP) is 5.24. The van der Waals surface area contributed by atoms with E-state index in [1.807, 2.05) is 68.4 Å². The number of fused-ring (bicyclic) bond motifs is 3. The van der Waals surface area contributed by atoms with Gasteiger partial charge in [0.1, 0.15) is 24.0 Å². The van der Waals surface area contributed by atoms with Crippen LogP contribution in [-0.2, 0) is 4.74 Å². The summed E-state index contributed by atoms with van der Waals surface area (Å²) in [5.74, 6) is 0.386. The van der Waals surface area contributed by atoms with Crippen molar-refractivity contribution in [1.82, 2.24) is 9.47 Å². The minimum Gasteiger partial charge on any atom is -0.492 e. The Hall–Kier alpha value is -2.83. The molecule has 6 nitrogen and oxygen atoms in total. The molecule has 1 unspecified atom stereocenters. The molecule has 3 heterocycles. The number of rotatable bonds is 7. The molecule has 2 aliphatic rings. The van der Waals surface area contributed by atoms with Crippen LogP contribution in [0.25, 0.3) is 10.9 Å². The standard InChI is InChI=1S/C28H32N2O4.ClH/c1-19(2)30-26-11-7-6-8-20(26)16-25(27(30)31)28(32)34-24-17-21-12-13-22(18-24)29(21)14-15-33-23-9-4-3-5-10-23;/h3-11,16,19,21-22,24H,12-15,17-18H2,1-2H3;1H/t21-,22+,24?;. The van der Waals surface area contributed by atoms with Gasteiger partial charge in [-0.3, -0.25) is 9.69 Å². The Kier molecular flexibility index (Phi) is 7.82. The van der Waals surface area contributed by atoms with Crippen molar-refractivity contribution in [2.24, 2.45) is 0 Å². The first-order valence-corrected chi connectivity index (χ1v) is 12.3. The molecule has 186 valence electrons. The minimum absolute atomic E-state index is 0. The SMILES string of the molecule is CC(C)n1c(=O)c(C(=O)OC2C[C@H]3CC[C@@H](C2)N3CCOc2ccccc2)cc2ccccc21.Cl. The first-order valence-electron chi connectivity index (χ1n) is 12.3. The molecule has 1 aromatic heterocycles. The number of carbonyl (C=O) groups excluding carboxylic acids is 1. The van der Waals surface area contributed by atoms with Crippen molar-refractivity contribution in [3.05, 3.63) is 76.6 Å². The van der Waals surface area contributed by atoms with Gasteiger partial charge in [0, 0.05) is 37.5 Å². The van der Waals surface area contributed by atoms with Crippen LogP contribution in [0.3, 0.4) is 0 Å². The zero-order chi connectivity index (χ0) is 23.7. The van der Waals surface area contributed by atoms with Crippen molar-refractivity contribution >= 4 is 29.3 Å². The van der Waals surface area contributed by atoms with Gasteiger partial charge in [0.25, 0.3) is 5.56 Å². The van der Waals surface area contributed by atoms with Crippen LogP contribution < -0.4 is 10.3 Å². The summed E-state index contributed by atoms with van der Waals surface area (Å²) in [5, 5.41) is 0.871. The lowest BCUT2D eigenvalue weighted by Gasteiger charge is -2.38. The summed E-state index contributed by atoms with van der Waals surface area (Å²) in [6, 6.07) is 20.0. The number of hydrogen-bond donors (Lipinski definition) is 0. The number of nitrogens with zero attached hydrogens (tertiary/aromatic N) is 2. The summed E-state index contributed by atoms with van der Waals surface area (Å²) in [5.41, 5.74) is 0.679. The van der Waals surface area contributed by atoms with Gasteiger partial charge in [-0.25, -0.2) is 4.79 Å². The number of benzene rings is 2. The summed E-state index contributed by atoms with van der Waals surface area (Å²) in [4.78, 5) is 28.8. The quantitative estimate of drug-likeness (QED) is 0.419. The first-order chi connectivity index (χ1) is 16.5. The van der Waals surface area contributed by atoms with Crippen molar-refractivity contribution in [2.75, 3.05) is 13.2 Å². The lowest BCUT2D eigenvalue weighted by atomic mass is 9.99. The third kappa shape index (κ3) is 5.24. The van der Waals surface area contributed by atoms with E-state index in [0.717, 1.165) is 48.9 Å². The van der Waals surface area contributed by atoms with Crippen LogP contribution in [0.4, 0.5) is 0 Å². The van der Waals surface area contributed by atoms with E-state index in [2.05, 4.69) is 4.90 Å². The molecule has 2 fully saturated rings. The maximum Gasteiger partial charge on any atom is 0.344 e. The molecule has 2 bridgehead atoms. The summed E-state index contributed by atoms with van der Waals surface area (Å²) in [6.07, 6.45) is 3.68. The maximum absolute atomic E-state index is 13.2. The Balaban J connectivity index is 0.00000289. The van der Waals surface area contributed by atoms with Crippen LogP contribution >= 0.6 is 12.4 Å². The Bertz CT molecular complexity index is 1210. The normalized spacial score (nSPS) is 21.6. The highest BCUT2D eigenvalue weighted by Crippen LogP contribution is 2.37. The fraction of sp³-hybridized carbons (Fsp3) is 0.429. The molecule has 0 spiro atoms. The van der Waals surface area contributed by atoms with Crippen molar-refractivity contribution in [3.8, 4) is 5.75 Å². The van der Waals surface area contributed by atoms with Crippen LogP contribution in [0.1, 0.15) is 55.9 Å². The monoisotopic (exact) mass is 496 g/mol. The predicted molar refractivity (Wildman–Crippen MR) is 140 cm³/mol. The lowest BCUT2D eigenvalue weighted by Crippen LogP contribution is -2.47. The third-order valence-corrected chi connectivity index (χ3v) is 7.16. The van der Waals surface area contributed by atoms with Crippen molar-refractivity contribution in [2.45, 2.75) is 63.8 Å². The van der Waals surface area contributed by atoms with Gasteiger partial charge in [-0.2, -0.15) is 0 Å². The van der Waals surface area contributed by atoms with E-state index in [1.165, 1.54) is 0 Å². The topological polar surface area (TPSA) is 60.8 Å². The number of carbonyl (C=O) groups is 1. The van der Waals surface area contributed by atoms with Crippen molar-refractivity contribution < 1.29 is 14.3 Å². The van der Waals surface area contributed by atoms with Gasteiger partial charge in [0.05, 0.1) is 5.52 Å². The van der Waals surface area contributed by atoms with Gasteiger partial charge in [-0.15, -0.1) is 12.4 Å². The number of aromatic nitrogens is 1. The molecule has 2 aliphatic heterocycles. The van der Waals surface area contributed by atoms with Crippen LogP contribution in [0.5, 0.6) is 5.75 Å². The molecule has 2 aromatic carbocycles. The number of esters is 1. The van der Waals surface area contributed by atoms with Gasteiger partial charge in [0.2, 0.25) is 0 Å². The fourth-order valence-electron chi connectivity index (χ4n) is 5.63. The average molecular weight is 497 g/mol. The Morgan fingerprint density at radius 1 is 1.00 bits per heavy atom. The Labute approximate surface area is 212 Å². The molecule has 0 saturated carbocycles. The molecule has 5 rings (SSSR count). The van der Waals surface area contributed by atoms with Crippen molar-refractivity contribution in [1.29, 1.82) is 0 Å². The number of ether oxygens (including phenoxy) is 2. The second-order valence-corrected chi connectivity index (χ2v) is 9.67. The fourth-order valence-corrected chi connectivity index (χ4v) is 5.63. The summed E-state index contributed by atoms with van der Waals surface area (Å²) in [7, 11) is 0. The highest BCUT2D eigenvalue weighted by Gasteiger charge is 2.42. The zero-order valence-corrected chi connectivity index (χ0v) is 21.1. The number of hydrogen-bond acceptors (Lipinski definition) is 5. The maximum atomic E-state index is 13.2. The number of para-hydroxylation sites is 2. The van der Waals surface area contributed by atoms with Gasteiger partial charge < -0.3 is 14.0 Å². The molecule has 3 atom stereocenters. The van der Waals surface area contributed by atoms with Gasteiger partial charge in [-0.1, -0.05) is 36.4 Å². The summed E-state index contributed by atoms with van der Waals surface area (Å²) < 4.78 is 13.5. The molecule has 35 heavy (non-hydrogen) atoms. The van der Waals surface area contributed by atoms with Crippen molar-refractivity contribution in [3.63, 3.8) is 0 Å². The average Bonchev–Trinajstić information content (AvgIpc) is 3.06. The highest BCUT2D eigenvalue weighted by molar-refractivity contribution is 5.94. The largest absolute Gasteiger partial charge is 0.492 e. The minimum atomic E-state index is -0.504. The third-order valence-electron chi connectivity index (χ3n) is 7.16. The van der Waals surface area contributed by atoms with E-state index < -0.39 is 5.97 Å². The van der Waals surface area contributed by atoms with E-state index in [4.69, 9.17) is 9.47 Å². The van der Waals surface area contributed by atoms with E-state index in [-0.39, 0.29) is 35.7 Å². The van der Waals surface area contributed by atoms with E-state index >= 15 is 0 Å². The summed E-state index contributed by atoms with van der Waals surface area (Å²) >= 11 is 0. The van der Waals surface area contributed by atoms with E-state index in [9.17, 15) is 9.59 Å². The molecule has 0 N–H and O–H groups in total. The van der Waals surface area contributed by atoms with Gasteiger partial charge in [-0.05, 0) is 56.3 Å². The van der Waals surface area contributed by atoms with Crippen LogP contribution in [0, 0.1) is 0 Å². The second-order valence-electron chi connectivity index (χ2n) is 9.67. The van der Waals surface area contributed by atoms with Gasteiger partial charge in [0.15, 0.2) is 0 Å². The van der Waals surface area contributed by atoms with Crippen LogP contribution in [0.2, 0.25) is 0 Å². The number of halogens is 1. The summed E-state index contributed by atoms with van der Waals surface area (Å²) in [6.45, 7) is 5.43. The van der Waals surface area contributed by atoms with Gasteiger partial charge >= 0.3 is 5.97 Å². The second kappa shape index (κ2) is 10.8. The van der Waals surface area contributed by atoms with Crippen LogP contribution in [-0.4, -0.2) is 46.8 Å². The molecular formula is C28H33ClN2O4. The number of pyridine rings is 1. The molecule has 2 saturated heterocycles. The highest BCUT2D eigenvalue weighted by atomic mass is 35.5.